The van der Waals surface area contributed by atoms with Gasteiger partial charge in [-0.15, -0.1) is 0 Å². The van der Waals surface area contributed by atoms with Gasteiger partial charge in [-0.1, -0.05) is 0 Å². The Morgan fingerprint density at radius 2 is 2.25 bits per heavy atom. The van der Waals surface area contributed by atoms with Crippen LogP contribution in [0.25, 0.3) is 0 Å². The van der Waals surface area contributed by atoms with Crippen molar-refractivity contribution < 1.29 is 9.90 Å². The van der Waals surface area contributed by atoms with Gasteiger partial charge >= 0.3 is 0 Å². The van der Waals surface area contributed by atoms with Crippen LogP contribution in [0.15, 0.2) is 0 Å². The van der Waals surface area contributed by atoms with E-state index in [1.54, 1.807) is 0 Å². The summed E-state index contributed by atoms with van der Waals surface area (Å²) in [5.74, 6) is 4.40. The average Bonchev–Trinajstić information content (AvgIpc) is 1.65. The third-order valence-electron chi connectivity index (χ3n) is 0.541. The number of carbonyl (C=O) groups is 1. The lowest BCUT2D eigenvalue weighted by atomic mass is 10.6. The number of nitrogens with zero attached hydrogens (tertiary/aromatic N) is 1. The van der Waals surface area contributed by atoms with E-state index < -0.39 is 5.91 Å². The number of carbonyl (C=O) groups excluding carboxylic acids is 1. The Kier molecular flexibility index (Phi) is 3.09. The molecule has 5 nitrogen and oxygen atoms in total. The fraction of sp³-hybridized carbons (Fsp3) is 0.667. The van der Waals surface area contributed by atoms with Crippen LogP contribution in [0.3, 0.4) is 0 Å². The monoisotopic (exact) mass is 119 g/mol. The quantitative estimate of drug-likeness (QED) is 0.219. The highest BCUT2D eigenvalue weighted by Gasteiger charge is 1.98. The van der Waals surface area contributed by atoms with Gasteiger partial charge in [0.25, 0.3) is 0 Å². The van der Waals surface area contributed by atoms with Gasteiger partial charge in [-0.05, 0) is 0 Å². The van der Waals surface area contributed by atoms with E-state index in [0.29, 0.717) is 0 Å². The van der Waals surface area contributed by atoms with E-state index in [0.717, 1.165) is 5.01 Å². The maximum atomic E-state index is 9.96. The number of hydrazine groups is 1. The van der Waals surface area contributed by atoms with E-state index in [1.807, 2.05) is 0 Å². The topological polar surface area (TPSA) is 92.6 Å². The normalized spacial score (nSPS) is 9.88. The van der Waals surface area contributed by atoms with Gasteiger partial charge in [0.05, 0.1) is 6.54 Å². The van der Waals surface area contributed by atoms with Gasteiger partial charge in [-0.25, -0.2) is 5.01 Å². The molecule has 0 aromatic carbocycles. The Balaban J connectivity index is 3.24. The fourth-order valence-corrected chi connectivity index (χ4v) is 0.250. The van der Waals surface area contributed by atoms with E-state index >= 15 is 0 Å². The minimum Gasteiger partial charge on any atom is -0.380 e. The standard InChI is InChI=1S/C3H9N3O2/c4-3(8)1-6(5)2-7/h7H,1-2,5H2,(H2,4,8). The first-order valence-corrected chi connectivity index (χ1v) is 2.05. The molecule has 0 aliphatic rings. The maximum absolute atomic E-state index is 9.96. The van der Waals surface area contributed by atoms with Crippen molar-refractivity contribution in [3.8, 4) is 0 Å². The van der Waals surface area contributed by atoms with Crippen molar-refractivity contribution in [2.75, 3.05) is 13.3 Å². The van der Waals surface area contributed by atoms with Gasteiger partial charge in [0.2, 0.25) is 5.91 Å². The first-order chi connectivity index (χ1) is 3.66. The van der Waals surface area contributed by atoms with Crippen molar-refractivity contribution >= 4 is 5.91 Å². The van der Waals surface area contributed by atoms with Gasteiger partial charge in [0.1, 0.15) is 6.73 Å². The molecular weight excluding hydrogens is 110 g/mol. The van der Waals surface area contributed by atoms with Crippen LogP contribution in [-0.2, 0) is 4.79 Å². The minimum atomic E-state index is -0.554. The van der Waals surface area contributed by atoms with Crippen molar-refractivity contribution in [1.82, 2.24) is 5.01 Å². The van der Waals surface area contributed by atoms with Crippen LogP contribution in [0.5, 0.6) is 0 Å². The van der Waals surface area contributed by atoms with E-state index in [2.05, 4.69) is 0 Å². The molecule has 48 valence electrons. The molecule has 0 aliphatic heterocycles. The molecule has 0 fully saturated rings. The molecule has 0 atom stereocenters. The van der Waals surface area contributed by atoms with Crippen LogP contribution in [0.2, 0.25) is 0 Å². The zero-order valence-electron chi connectivity index (χ0n) is 4.37. The van der Waals surface area contributed by atoms with Crippen LogP contribution < -0.4 is 11.6 Å². The summed E-state index contributed by atoms with van der Waals surface area (Å²) >= 11 is 0. The Morgan fingerprint density at radius 3 is 2.38 bits per heavy atom. The van der Waals surface area contributed by atoms with Gasteiger partial charge in [-0.2, -0.15) is 0 Å². The second-order valence-corrected chi connectivity index (χ2v) is 1.35. The molecule has 0 heterocycles. The Hall–Kier alpha value is -0.650. The van der Waals surface area contributed by atoms with Crippen LogP contribution in [-0.4, -0.2) is 29.3 Å². The Bertz CT molecular complexity index is 84.6. The van der Waals surface area contributed by atoms with Crippen molar-refractivity contribution in [2.45, 2.75) is 0 Å². The van der Waals surface area contributed by atoms with Crippen molar-refractivity contribution in [3.63, 3.8) is 0 Å². The second kappa shape index (κ2) is 3.36. The SMILES string of the molecule is NC(=O)CN(N)CO. The third-order valence-corrected chi connectivity index (χ3v) is 0.541. The molecule has 0 spiro atoms. The van der Waals surface area contributed by atoms with Crippen molar-refractivity contribution in [1.29, 1.82) is 0 Å². The lowest BCUT2D eigenvalue weighted by Crippen LogP contribution is -2.39. The number of amides is 1. The molecule has 0 saturated carbocycles. The van der Waals surface area contributed by atoms with Gasteiger partial charge in [-0.3, -0.25) is 10.6 Å². The second-order valence-electron chi connectivity index (χ2n) is 1.35. The zero-order valence-corrected chi connectivity index (χ0v) is 4.37. The molecule has 0 bridgehead atoms. The molecule has 0 rings (SSSR count). The number of aliphatic hydroxyl groups is 1. The molecule has 0 aromatic rings. The Morgan fingerprint density at radius 1 is 1.75 bits per heavy atom. The van der Waals surface area contributed by atoms with E-state index in [9.17, 15) is 4.79 Å². The number of primary amides is 1. The summed E-state index contributed by atoms with van der Waals surface area (Å²) in [7, 11) is 0. The summed E-state index contributed by atoms with van der Waals surface area (Å²) in [5, 5.41) is 9.08. The third kappa shape index (κ3) is 3.54. The highest BCUT2D eigenvalue weighted by Crippen LogP contribution is 1.68. The molecule has 5 heteroatoms. The first kappa shape index (κ1) is 7.35. The maximum Gasteiger partial charge on any atom is 0.233 e. The summed E-state index contributed by atoms with van der Waals surface area (Å²) in [5.41, 5.74) is 4.70. The molecule has 5 N–H and O–H groups in total. The van der Waals surface area contributed by atoms with Crippen molar-refractivity contribution in [2.24, 2.45) is 11.6 Å². The molecular formula is C3H9N3O2. The van der Waals surface area contributed by atoms with Crippen LogP contribution in [0.4, 0.5) is 0 Å². The highest BCUT2D eigenvalue weighted by molar-refractivity contribution is 5.75. The summed E-state index contributed by atoms with van der Waals surface area (Å²) in [6, 6.07) is 0. The van der Waals surface area contributed by atoms with Crippen molar-refractivity contribution in [3.05, 3.63) is 0 Å². The molecule has 0 unspecified atom stereocenters. The highest BCUT2D eigenvalue weighted by atomic mass is 16.3. The molecule has 8 heavy (non-hydrogen) atoms. The summed E-state index contributed by atoms with van der Waals surface area (Å²) in [4.78, 5) is 9.96. The van der Waals surface area contributed by atoms with Crippen LogP contribution >= 0.6 is 0 Å². The smallest absolute Gasteiger partial charge is 0.233 e. The van der Waals surface area contributed by atoms with Crippen LogP contribution in [0.1, 0.15) is 0 Å². The van der Waals surface area contributed by atoms with E-state index in [-0.39, 0.29) is 13.3 Å². The van der Waals surface area contributed by atoms with Gasteiger partial charge in [0, 0.05) is 0 Å². The molecule has 0 aromatic heterocycles. The number of hydrogen-bond donors (Lipinski definition) is 3. The Labute approximate surface area is 46.8 Å². The molecule has 0 saturated heterocycles. The minimum absolute atomic E-state index is 0.115. The lowest BCUT2D eigenvalue weighted by molar-refractivity contribution is -0.120. The molecule has 0 radical (unpaired) electrons. The van der Waals surface area contributed by atoms with E-state index in [1.165, 1.54) is 0 Å². The number of nitrogens with two attached hydrogens (primary N) is 2. The van der Waals surface area contributed by atoms with E-state index in [4.69, 9.17) is 16.7 Å². The first-order valence-electron chi connectivity index (χ1n) is 2.05. The van der Waals surface area contributed by atoms with Gasteiger partial charge in [0.15, 0.2) is 0 Å². The number of rotatable bonds is 3. The lowest BCUT2D eigenvalue weighted by Gasteiger charge is -2.07. The fourth-order valence-electron chi connectivity index (χ4n) is 0.250. The molecule has 0 aliphatic carbocycles. The van der Waals surface area contributed by atoms with Gasteiger partial charge < -0.3 is 10.8 Å². The predicted octanol–water partition coefficient (Wildman–Crippen LogP) is -2.40. The zero-order chi connectivity index (χ0) is 6.57. The number of hydrogen-bond acceptors (Lipinski definition) is 4. The largest absolute Gasteiger partial charge is 0.380 e. The summed E-state index contributed by atoms with van der Waals surface area (Å²) < 4.78 is 0. The molecule has 1 amide bonds. The summed E-state index contributed by atoms with van der Waals surface area (Å²) in [6.07, 6.45) is 0. The summed E-state index contributed by atoms with van der Waals surface area (Å²) in [6.45, 7) is -0.473. The number of aliphatic hydroxyl groups excluding tert-OH is 1. The average molecular weight is 119 g/mol. The van der Waals surface area contributed by atoms with Crippen LogP contribution in [0, 0.1) is 0 Å². The predicted molar refractivity (Wildman–Crippen MR) is 27.2 cm³/mol.